The van der Waals surface area contributed by atoms with Gasteiger partial charge in [-0.3, -0.25) is 4.79 Å². The van der Waals surface area contributed by atoms with Crippen LogP contribution in [0.2, 0.25) is 0 Å². The van der Waals surface area contributed by atoms with Crippen molar-refractivity contribution in [3.63, 3.8) is 0 Å². The van der Waals surface area contributed by atoms with E-state index in [-0.39, 0.29) is 5.97 Å². The largest absolute Gasteiger partial charge is 0.468 e. The molecule has 1 N–H and O–H groups in total. The van der Waals surface area contributed by atoms with Gasteiger partial charge in [0.25, 0.3) is 0 Å². The molecule has 13 heavy (non-hydrogen) atoms. The minimum Gasteiger partial charge on any atom is -0.468 e. The number of carbonyl (C=O) groups excluding carboxylic acids is 1. The van der Waals surface area contributed by atoms with Gasteiger partial charge in [-0.2, -0.15) is 0 Å². The van der Waals surface area contributed by atoms with Gasteiger partial charge in [0.15, 0.2) is 0 Å². The van der Waals surface area contributed by atoms with Crippen molar-refractivity contribution in [1.29, 1.82) is 0 Å². The molecule has 1 rings (SSSR count). The number of methoxy groups -OCH3 is 1. The summed E-state index contributed by atoms with van der Waals surface area (Å²) in [5.41, 5.74) is 0.319. The van der Waals surface area contributed by atoms with Crippen LogP contribution < -0.4 is 5.32 Å². The Labute approximate surface area is 83.1 Å². The number of rotatable bonds is 4. The molecule has 0 spiro atoms. The lowest BCUT2D eigenvalue weighted by Gasteiger charge is -2.40. The Bertz CT molecular complexity index is 224. The molecule has 4 heteroatoms. The summed E-state index contributed by atoms with van der Waals surface area (Å²) in [6, 6.07) is 0. The van der Waals surface area contributed by atoms with Gasteiger partial charge in [-0.1, -0.05) is 12.2 Å². The highest BCUT2D eigenvalue weighted by Crippen LogP contribution is 2.27. The number of halogens is 1. The van der Waals surface area contributed by atoms with Crippen molar-refractivity contribution >= 4 is 17.6 Å². The molecule has 1 atom stereocenters. The van der Waals surface area contributed by atoms with Crippen LogP contribution in [0.5, 0.6) is 0 Å². The van der Waals surface area contributed by atoms with E-state index in [0.29, 0.717) is 12.3 Å². The first-order valence-corrected chi connectivity index (χ1v) is 4.74. The summed E-state index contributed by atoms with van der Waals surface area (Å²) >= 11 is 5.61. The van der Waals surface area contributed by atoms with Gasteiger partial charge in [-0.15, -0.1) is 11.6 Å². The molecule has 0 aliphatic carbocycles. The highest BCUT2D eigenvalue weighted by atomic mass is 35.5. The Morgan fingerprint density at radius 3 is 2.69 bits per heavy atom. The summed E-state index contributed by atoms with van der Waals surface area (Å²) < 4.78 is 4.72. The quantitative estimate of drug-likeness (QED) is 0.422. The van der Waals surface area contributed by atoms with Crippen LogP contribution in [-0.4, -0.2) is 31.0 Å². The third kappa shape index (κ3) is 2.03. The Kier molecular flexibility index (Phi) is 3.33. The summed E-state index contributed by atoms with van der Waals surface area (Å²) in [4.78, 5) is 11.4. The van der Waals surface area contributed by atoms with Gasteiger partial charge in [0.1, 0.15) is 5.54 Å². The smallest absolute Gasteiger partial charge is 0.326 e. The highest BCUT2D eigenvalue weighted by Gasteiger charge is 2.44. The maximum absolute atomic E-state index is 11.4. The van der Waals surface area contributed by atoms with E-state index in [4.69, 9.17) is 16.3 Å². The summed E-state index contributed by atoms with van der Waals surface area (Å²) in [6.07, 6.45) is 1.37. The van der Waals surface area contributed by atoms with Crippen LogP contribution in [0.15, 0.2) is 12.2 Å². The number of nitrogens with one attached hydrogen (secondary N) is 1. The van der Waals surface area contributed by atoms with Gasteiger partial charge >= 0.3 is 5.97 Å². The van der Waals surface area contributed by atoms with Gasteiger partial charge in [-0.25, -0.2) is 0 Å². The van der Waals surface area contributed by atoms with Crippen LogP contribution in [0.1, 0.15) is 12.8 Å². The number of hydrogen-bond donors (Lipinski definition) is 1. The third-order valence-electron chi connectivity index (χ3n) is 2.33. The van der Waals surface area contributed by atoms with Gasteiger partial charge < -0.3 is 10.1 Å². The summed E-state index contributed by atoms with van der Waals surface area (Å²) in [6.45, 7) is 4.63. The topological polar surface area (TPSA) is 38.3 Å². The van der Waals surface area contributed by atoms with E-state index in [0.717, 1.165) is 18.5 Å². The van der Waals surface area contributed by atoms with E-state index in [9.17, 15) is 4.79 Å². The zero-order chi connectivity index (χ0) is 9.90. The number of esters is 1. The van der Waals surface area contributed by atoms with Crippen molar-refractivity contribution in [2.45, 2.75) is 18.4 Å². The van der Waals surface area contributed by atoms with Gasteiger partial charge in [0.05, 0.1) is 7.11 Å². The van der Waals surface area contributed by atoms with Crippen molar-refractivity contribution in [2.24, 2.45) is 0 Å². The second kappa shape index (κ2) is 4.11. The fourth-order valence-corrected chi connectivity index (χ4v) is 1.59. The van der Waals surface area contributed by atoms with Crippen molar-refractivity contribution in [3.8, 4) is 0 Å². The average molecular weight is 204 g/mol. The molecule has 0 bridgehead atoms. The first kappa shape index (κ1) is 10.5. The molecule has 0 amide bonds. The monoisotopic (exact) mass is 203 g/mol. The average Bonchev–Trinajstić information content (AvgIpc) is 2.09. The molecule has 1 saturated heterocycles. The Morgan fingerprint density at radius 2 is 2.38 bits per heavy atom. The van der Waals surface area contributed by atoms with E-state index in [1.165, 1.54) is 7.11 Å². The SMILES string of the molecule is C=C(CCl)CC1(C(=O)OC)CCN1. The number of alkyl halides is 1. The molecule has 74 valence electrons. The predicted molar refractivity (Wildman–Crippen MR) is 51.8 cm³/mol. The van der Waals surface area contributed by atoms with Crippen LogP contribution in [0.25, 0.3) is 0 Å². The standard InChI is InChI=1S/C9H14ClNO2/c1-7(6-10)5-9(3-4-11-9)8(12)13-2/h11H,1,3-6H2,2H3. The summed E-state index contributed by atoms with van der Waals surface area (Å²) in [5.74, 6) is 0.172. The van der Waals surface area contributed by atoms with E-state index in [1.54, 1.807) is 0 Å². The van der Waals surface area contributed by atoms with E-state index >= 15 is 0 Å². The van der Waals surface area contributed by atoms with Crippen LogP contribution in [0.4, 0.5) is 0 Å². The molecule has 0 aromatic rings. The van der Waals surface area contributed by atoms with Crippen molar-refractivity contribution in [2.75, 3.05) is 19.5 Å². The van der Waals surface area contributed by atoms with Gasteiger partial charge in [-0.05, 0) is 19.4 Å². The van der Waals surface area contributed by atoms with Crippen molar-refractivity contribution in [1.82, 2.24) is 5.32 Å². The molecule has 0 aromatic heterocycles. The highest BCUT2D eigenvalue weighted by molar-refractivity contribution is 6.19. The summed E-state index contributed by atoms with van der Waals surface area (Å²) in [7, 11) is 1.40. The summed E-state index contributed by atoms with van der Waals surface area (Å²) in [5, 5.41) is 3.08. The Morgan fingerprint density at radius 1 is 1.77 bits per heavy atom. The van der Waals surface area contributed by atoms with Crippen LogP contribution >= 0.6 is 11.6 Å². The normalized spacial score (nSPS) is 26.3. The van der Waals surface area contributed by atoms with Crippen LogP contribution in [0, 0.1) is 0 Å². The van der Waals surface area contributed by atoms with Gasteiger partial charge in [0.2, 0.25) is 0 Å². The second-order valence-electron chi connectivity index (χ2n) is 3.31. The predicted octanol–water partition coefficient (Wildman–Crippen LogP) is 1.08. The lowest BCUT2D eigenvalue weighted by molar-refractivity contribution is -0.152. The first-order valence-electron chi connectivity index (χ1n) is 4.21. The number of carbonyl (C=O) groups is 1. The first-order chi connectivity index (χ1) is 6.14. The van der Waals surface area contributed by atoms with Crippen molar-refractivity contribution < 1.29 is 9.53 Å². The molecular formula is C9H14ClNO2. The molecule has 1 aliphatic heterocycles. The third-order valence-corrected chi connectivity index (χ3v) is 2.71. The lowest BCUT2D eigenvalue weighted by Crippen LogP contribution is -2.62. The lowest BCUT2D eigenvalue weighted by atomic mass is 9.82. The molecule has 1 fully saturated rings. The molecule has 1 heterocycles. The minimum atomic E-state index is -0.541. The maximum Gasteiger partial charge on any atom is 0.326 e. The minimum absolute atomic E-state index is 0.218. The molecular weight excluding hydrogens is 190 g/mol. The Hall–Kier alpha value is -0.540. The molecule has 1 unspecified atom stereocenters. The molecule has 3 nitrogen and oxygen atoms in total. The fraction of sp³-hybridized carbons (Fsp3) is 0.667. The number of hydrogen-bond acceptors (Lipinski definition) is 3. The zero-order valence-corrected chi connectivity index (χ0v) is 8.49. The molecule has 0 aromatic carbocycles. The van der Waals surface area contributed by atoms with Crippen molar-refractivity contribution in [3.05, 3.63) is 12.2 Å². The van der Waals surface area contributed by atoms with Crippen LogP contribution in [-0.2, 0) is 9.53 Å². The van der Waals surface area contributed by atoms with E-state index in [2.05, 4.69) is 11.9 Å². The van der Waals surface area contributed by atoms with Gasteiger partial charge in [0, 0.05) is 5.88 Å². The second-order valence-corrected chi connectivity index (χ2v) is 3.58. The van der Waals surface area contributed by atoms with E-state index < -0.39 is 5.54 Å². The van der Waals surface area contributed by atoms with E-state index in [1.807, 2.05) is 0 Å². The molecule has 0 radical (unpaired) electrons. The molecule has 1 aliphatic rings. The van der Waals surface area contributed by atoms with Crippen LogP contribution in [0.3, 0.4) is 0 Å². The number of ether oxygens (including phenoxy) is 1. The Balaban J connectivity index is 2.59. The fourth-order valence-electron chi connectivity index (χ4n) is 1.49. The maximum atomic E-state index is 11.4. The molecule has 0 saturated carbocycles. The zero-order valence-electron chi connectivity index (χ0n) is 7.73.